The highest BCUT2D eigenvalue weighted by Gasteiger charge is 2.03. The van der Waals surface area contributed by atoms with Crippen molar-refractivity contribution in [2.24, 2.45) is 0 Å². The molecule has 2 heteroatoms. The predicted molar refractivity (Wildman–Crippen MR) is 58.0 cm³/mol. The first-order chi connectivity index (χ1) is 6.88. The molecule has 2 N–H and O–H groups in total. The van der Waals surface area contributed by atoms with Crippen LogP contribution in [0.25, 0.3) is 0 Å². The molecule has 0 aliphatic heterocycles. The van der Waals surface area contributed by atoms with Crippen molar-refractivity contribution < 1.29 is 10.2 Å². The molecule has 1 aliphatic rings. The molecule has 0 fully saturated rings. The summed E-state index contributed by atoms with van der Waals surface area (Å²) in [6.07, 6.45) is 11.1. The van der Waals surface area contributed by atoms with Gasteiger partial charge in [0.1, 0.15) is 0 Å². The van der Waals surface area contributed by atoms with Gasteiger partial charge < -0.3 is 10.2 Å². The minimum Gasteiger partial charge on any atom is -0.392 e. The molecule has 0 atom stereocenters. The van der Waals surface area contributed by atoms with E-state index in [4.69, 9.17) is 10.2 Å². The van der Waals surface area contributed by atoms with Gasteiger partial charge in [0.05, 0.1) is 13.2 Å². The lowest BCUT2D eigenvalue weighted by Crippen LogP contribution is -2.01. The standard InChI is InChI=1S/C12H20O2/c13-9-11-7-5-3-1-2-4-6-8-12(11)10-14/h7-8,13-14H,1-6,9-10H2. The highest BCUT2D eigenvalue weighted by Crippen LogP contribution is 2.16. The van der Waals surface area contributed by atoms with Crippen LogP contribution in [-0.2, 0) is 0 Å². The van der Waals surface area contributed by atoms with E-state index in [2.05, 4.69) is 12.2 Å². The van der Waals surface area contributed by atoms with Crippen LogP contribution in [0, 0.1) is 0 Å². The van der Waals surface area contributed by atoms with Gasteiger partial charge >= 0.3 is 0 Å². The van der Waals surface area contributed by atoms with Gasteiger partial charge in [0.15, 0.2) is 0 Å². The second-order valence-corrected chi connectivity index (χ2v) is 3.77. The highest BCUT2D eigenvalue weighted by molar-refractivity contribution is 5.31. The van der Waals surface area contributed by atoms with Gasteiger partial charge in [0.2, 0.25) is 0 Å². The third-order valence-corrected chi connectivity index (χ3v) is 2.69. The lowest BCUT2D eigenvalue weighted by atomic mass is 10.00. The molecular formula is C12H20O2. The smallest absolute Gasteiger partial charge is 0.0682 e. The van der Waals surface area contributed by atoms with E-state index in [9.17, 15) is 0 Å². The fourth-order valence-corrected chi connectivity index (χ4v) is 1.79. The molecule has 0 radical (unpaired) electrons. The maximum Gasteiger partial charge on any atom is 0.0682 e. The average Bonchev–Trinajstić information content (AvgIpc) is 2.24. The Kier molecular flexibility index (Phi) is 5.57. The zero-order valence-electron chi connectivity index (χ0n) is 8.71. The van der Waals surface area contributed by atoms with Crippen LogP contribution in [0.3, 0.4) is 0 Å². The topological polar surface area (TPSA) is 40.5 Å². The Bertz CT molecular complexity index is 192. The minimum atomic E-state index is 0.0480. The van der Waals surface area contributed by atoms with E-state index in [-0.39, 0.29) is 13.2 Å². The van der Waals surface area contributed by atoms with Crippen LogP contribution in [0.4, 0.5) is 0 Å². The molecule has 0 aromatic rings. The molecule has 0 spiro atoms. The van der Waals surface area contributed by atoms with Crippen molar-refractivity contribution in [3.05, 3.63) is 23.3 Å². The molecule has 1 aliphatic carbocycles. The maximum absolute atomic E-state index is 9.15. The van der Waals surface area contributed by atoms with Crippen LogP contribution in [-0.4, -0.2) is 23.4 Å². The number of aliphatic hydroxyl groups is 2. The summed E-state index contributed by atoms with van der Waals surface area (Å²) in [5.41, 5.74) is 1.82. The predicted octanol–water partition coefficient (Wildman–Crippen LogP) is 2.18. The zero-order valence-corrected chi connectivity index (χ0v) is 8.71. The van der Waals surface area contributed by atoms with Gasteiger partial charge in [-0.1, -0.05) is 25.0 Å². The SMILES string of the molecule is OCC1=CCCCCCCC=C1CO. The number of rotatable bonds is 2. The van der Waals surface area contributed by atoms with E-state index in [0.29, 0.717) is 0 Å². The fourth-order valence-electron chi connectivity index (χ4n) is 1.79. The highest BCUT2D eigenvalue weighted by atomic mass is 16.3. The fraction of sp³-hybridized carbons (Fsp3) is 0.667. The average molecular weight is 196 g/mol. The molecule has 0 bridgehead atoms. The molecule has 0 aromatic heterocycles. The number of hydrogen-bond acceptors (Lipinski definition) is 2. The molecule has 2 nitrogen and oxygen atoms in total. The van der Waals surface area contributed by atoms with Gasteiger partial charge in [-0.3, -0.25) is 0 Å². The third-order valence-electron chi connectivity index (χ3n) is 2.69. The number of aliphatic hydroxyl groups excluding tert-OH is 2. The largest absolute Gasteiger partial charge is 0.392 e. The Morgan fingerprint density at radius 3 is 1.57 bits per heavy atom. The van der Waals surface area contributed by atoms with Crippen LogP contribution in [0.2, 0.25) is 0 Å². The van der Waals surface area contributed by atoms with Crippen LogP contribution in [0.1, 0.15) is 38.5 Å². The van der Waals surface area contributed by atoms with Crippen molar-refractivity contribution in [1.29, 1.82) is 0 Å². The molecule has 80 valence electrons. The van der Waals surface area contributed by atoms with Gasteiger partial charge in [-0.2, -0.15) is 0 Å². The molecule has 0 aromatic carbocycles. The Hall–Kier alpha value is -0.600. The van der Waals surface area contributed by atoms with E-state index in [1.165, 1.54) is 25.7 Å². The van der Waals surface area contributed by atoms with Crippen LogP contribution >= 0.6 is 0 Å². The molecule has 0 heterocycles. The van der Waals surface area contributed by atoms with E-state index in [0.717, 1.165) is 24.0 Å². The first-order valence-corrected chi connectivity index (χ1v) is 5.48. The second-order valence-electron chi connectivity index (χ2n) is 3.77. The third kappa shape index (κ3) is 3.64. The summed E-state index contributed by atoms with van der Waals surface area (Å²) < 4.78 is 0. The zero-order chi connectivity index (χ0) is 10.2. The normalized spacial score (nSPS) is 19.9. The van der Waals surface area contributed by atoms with E-state index in [1.54, 1.807) is 0 Å². The quantitative estimate of drug-likeness (QED) is 0.710. The Morgan fingerprint density at radius 2 is 1.21 bits per heavy atom. The van der Waals surface area contributed by atoms with E-state index in [1.807, 2.05) is 0 Å². The van der Waals surface area contributed by atoms with Gasteiger partial charge in [-0.05, 0) is 36.8 Å². The van der Waals surface area contributed by atoms with Gasteiger partial charge in [0, 0.05) is 0 Å². The number of hydrogen-bond donors (Lipinski definition) is 2. The van der Waals surface area contributed by atoms with Crippen molar-refractivity contribution in [3.63, 3.8) is 0 Å². The van der Waals surface area contributed by atoms with Crippen molar-refractivity contribution in [3.8, 4) is 0 Å². The summed E-state index contributed by atoms with van der Waals surface area (Å²) in [6.45, 7) is 0.0960. The summed E-state index contributed by atoms with van der Waals surface area (Å²) in [5.74, 6) is 0. The molecular weight excluding hydrogens is 176 g/mol. The summed E-state index contributed by atoms with van der Waals surface area (Å²) in [7, 11) is 0. The molecule has 1 rings (SSSR count). The van der Waals surface area contributed by atoms with Crippen molar-refractivity contribution in [2.45, 2.75) is 38.5 Å². The van der Waals surface area contributed by atoms with Crippen molar-refractivity contribution in [1.82, 2.24) is 0 Å². The van der Waals surface area contributed by atoms with Crippen LogP contribution < -0.4 is 0 Å². The summed E-state index contributed by atoms with van der Waals surface area (Å²) in [5, 5.41) is 18.3. The molecule has 14 heavy (non-hydrogen) atoms. The van der Waals surface area contributed by atoms with Crippen LogP contribution in [0.15, 0.2) is 23.3 Å². The first kappa shape index (κ1) is 11.5. The summed E-state index contributed by atoms with van der Waals surface area (Å²) >= 11 is 0. The minimum absolute atomic E-state index is 0.0480. The summed E-state index contributed by atoms with van der Waals surface area (Å²) in [4.78, 5) is 0. The molecule has 0 amide bonds. The Morgan fingerprint density at radius 1 is 0.786 bits per heavy atom. The second kappa shape index (κ2) is 6.80. The van der Waals surface area contributed by atoms with Crippen molar-refractivity contribution >= 4 is 0 Å². The van der Waals surface area contributed by atoms with Gasteiger partial charge in [-0.15, -0.1) is 0 Å². The van der Waals surface area contributed by atoms with E-state index >= 15 is 0 Å². The van der Waals surface area contributed by atoms with E-state index < -0.39 is 0 Å². The van der Waals surface area contributed by atoms with Crippen molar-refractivity contribution in [2.75, 3.05) is 13.2 Å². The van der Waals surface area contributed by atoms with Gasteiger partial charge in [-0.25, -0.2) is 0 Å². The monoisotopic (exact) mass is 196 g/mol. The van der Waals surface area contributed by atoms with Gasteiger partial charge in [0.25, 0.3) is 0 Å². The maximum atomic E-state index is 9.15. The lowest BCUT2D eigenvalue weighted by Gasteiger charge is -2.09. The van der Waals surface area contributed by atoms with Crippen LogP contribution in [0.5, 0.6) is 0 Å². The Balaban J connectivity index is 2.70. The molecule has 0 saturated carbocycles. The first-order valence-electron chi connectivity index (χ1n) is 5.48. The summed E-state index contributed by atoms with van der Waals surface area (Å²) in [6, 6.07) is 0. The Labute approximate surface area is 86.0 Å². The lowest BCUT2D eigenvalue weighted by molar-refractivity contribution is 0.310. The molecule has 0 unspecified atom stereocenters. The molecule has 0 saturated heterocycles. The number of allylic oxidation sites excluding steroid dienone is 2.